The van der Waals surface area contributed by atoms with Crippen molar-refractivity contribution in [3.05, 3.63) is 95.6 Å². The second-order valence-corrected chi connectivity index (χ2v) is 11.6. The molecule has 226 valence electrons. The summed E-state index contributed by atoms with van der Waals surface area (Å²) in [4.78, 5) is 39.3. The van der Waals surface area contributed by atoms with Crippen molar-refractivity contribution >= 4 is 35.1 Å². The highest BCUT2D eigenvalue weighted by molar-refractivity contribution is 7.80. The minimum Gasteiger partial charge on any atom is -0.465 e. The van der Waals surface area contributed by atoms with Gasteiger partial charge in [0.2, 0.25) is 5.91 Å². The van der Waals surface area contributed by atoms with Crippen LogP contribution in [-0.4, -0.2) is 42.7 Å². The zero-order valence-corrected chi connectivity index (χ0v) is 25.8. The lowest BCUT2D eigenvalue weighted by Gasteiger charge is -2.21. The van der Waals surface area contributed by atoms with Crippen LogP contribution in [0.25, 0.3) is 11.1 Å². The number of hydrogen-bond acceptors (Lipinski definition) is 6. The van der Waals surface area contributed by atoms with Gasteiger partial charge in [0.05, 0.1) is 30.6 Å². The van der Waals surface area contributed by atoms with E-state index in [0.29, 0.717) is 17.8 Å². The van der Waals surface area contributed by atoms with Crippen molar-refractivity contribution in [2.75, 3.05) is 19.9 Å². The highest BCUT2D eigenvalue weighted by Gasteiger charge is 2.30. The highest BCUT2D eigenvalue weighted by Crippen LogP contribution is 2.44. The molecule has 2 atom stereocenters. The Hall–Kier alpha value is -4.04. The maximum absolute atomic E-state index is 13.3. The Morgan fingerprint density at radius 3 is 2.05 bits per heavy atom. The molecule has 0 aliphatic heterocycles. The van der Waals surface area contributed by atoms with E-state index < -0.39 is 17.8 Å². The number of hydrogen-bond donors (Lipinski definition) is 2. The Bertz CT molecular complexity index is 1380. The molecule has 8 heteroatoms. The average molecular weight is 601 g/mol. The number of ether oxygens (including phenoxy) is 2. The fourth-order valence-electron chi connectivity index (χ4n) is 5.54. The first-order valence-electron chi connectivity index (χ1n) is 14.9. The van der Waals surface area contributed by atoms with Crippen LogP contribution in [0.3, 0.4) is 0 Å². The lowest BCUT2D eigenvalue weighted by molar-refractivity contribution is -0.147. The molecule has 43 heavy (non-hydrogen) atoms. The third kappa shape index (κ3) is 8.51. The summed E-state index contributed by atoms with van der Waals surface area (Å²) in [6.45, 7) is 6.27. The van der Waals surface area contributed by atoms with Gasteiger partial charge < -0.3 is 20.1 Å². The second-order valence-electron chi connectivity index (χ2n) is 11.2. The van der Waals surface area contributed by atoms with Crippen LogP contribution in [0.15, 0.2) is 78.9 Å². The molecule has 3 aromatic carbocycles. The summed E-state index contributed by atoms with van der Waals surface area (Å²) in [5.74, 6) is -2.17. The Labute approximate surface area is 259 Å². The monoisotopic (exact) mass is 600 g/mol. The van der Waals surface area contributed by atoms with Crippen LogP contribution in [-0.2, 0) is 30.3 Å². The topological polar surface area (TPSA) is 93.7 Å². The minimum atomic E-state index is -0.648. The van der Waals surface area contributed by atoms with Crippen LogP contribution in [0, 0.1) is 17.8 Å². The van der Waals surface area contributed by atoms with E-state index in [1.54, 1.807) is 6.92 Å². The summed E-state index contributed by atoms with van der Waals surface area (Å²) in [7, 11) is 0. The first kappa shape index (κ1) is 31.9. The Morgan fingerprint density at radius 2 is 1.44 bits per heavy atom. The van der Waals surface area contributed by atoms with Crippen LogP contribution < -0.4 is 10.6 Å². The van der Waals surface area contributed by atoms with Crippen molar-refractivity contribution in [2.24, 2.45) is 17.8 Å². The SMILES string of the molecule is CCOC(=O)C(CC(C)C)C(=S)NCNC(=O)[C@@H](CC(=O)OCC1c2ccccc2-c2ccccc21)Cc1ccccc1. The minimum absolute atomic E-state index is 0.0294. The summed E-state index contributed by atoms with van der Waals surface area (Å²) >= 11 is 5.48. The van der Waals surface area contributed by atoms with Crippen molar-refractivity contribution in [1.82, 2.24) is 10.6 Å². The van der Waals surface area contributed by atoms with Crippen LogP contribution >= 0.6 is 12.2 Å². The second kappa shape index (κ2) is 15.4. The van der Waals surface area contributed by atoms with Crippen molar-refractivity contribution in [2.45, 2.75) is 46.0 Å². The third-order valence-corrected chi connectivity index (χ3v) is 8.03. The van der Waals surface area contributed by atoms with Crippen LogP contribution in [0.1, 0.15) is 56.2 Å². The zero-order valence-electron chi connectivity index (χ0n) is 25.0. The third-order valence-electron chi connectivity index (χ3n) is 7.60. The van der Waals surface area contributed by atoms with E-state index in [1.165, 1.54) is 0 Å². The molecule has 1 amide bonds. The van der Waals surface area contributed by atoms with Gasteiger partial charge in [0.15, 0.2) is 0 Å². The molecule has 0 saturated heterocycles. The van der Waals surface area contributed by atoms with Gasteiger partial charge in [-0.2, -0.15) is 0 Å². The molecule has 0 spiro atoms. The zero-order chi connectivity index (χ0) is 30.8. The fourth-order valence-corrected chi connectivity index (χ4v) is 5.81. The van der Waals surface area contributed by atoms with Gasteiger partial charge in [0, 0.05) is 5.92 Å². The van der Waals surface area contributed by atoms with E-state index in [4.69, 9.17) is 21.7 Å². The predicted octanol–water partition coefficient (Wildman–Crippen LogP) is 5.81. The van der Waals surface area contributed by atoms with Crippen LogP contribution in [0.5, 0.6) is 0 Å². The number of esters is 2. The standard InChI is InChI=1S/C35H40N2O5S/c1-4-41-35(40)30(18-23(2)3)34(43)37-22-36-33(39)25(19-24-12-6-5-7-13-24)20-32(38)42-21-31-28-16-10-8-14-26(28)27-15-9-11-17-29(27)31/h5-17,23,25,30-31H,4,18-22H2,1-3H3,(H,36,39)(H,37,43)/t25-,30?/m1/s1. The van der Waals surface area contributed by atoms with E-state index in [0.717, 1.165) is 27.8 Å². The number of carbonyl (C=O) groups is 3. The number of nitrogens with one attached hydrogen (secondary N) is 2. The van der Waals surface area contributed by atoms with Gasteiger partial charge in [0.25, 0.3) is 0 Å². The number of carbonyl (C=O) groups excluding carboxylic acids is 3. The van der Waals surface area contributed by atoms with E-state index in [9.17, 15) is 14.4 Å². The molecular formula is C35H40N2O5S. The normalized spacial score (nSPS) is 13.4. The predicted molar refractivity (Wildman–Crippen MR) is 171 cm³/mol. The smallest absolute Gasteiger partial charge is 0.315 e. The first-order chi connectivity index (χ1) is 20.8. The highest BCUT2D eigenvalue weighted by atomic mass is 32.1. The lowest BCUT2D eigenvalue weighted by atomic mass is 9.95. The lowest BCUT2D eigenvalue weighted by Crippen LogP contribution is -2.44. The molecule has 1 aliphatic rings. The molecule has 7 nitrogen and oxygen atoms in total. The Balaban J connectivity index is 1.38. The summed E-state index contributed by atoms with van der Waals surface area (Å²) in [5.41, 5.74) is 5.53. The Morgan fingerprint density at radius 1 is 0.837 bits per heavy atom. The first-order valence-corrected chi connectivity index (χ1v) is 15.3. The van der Waals surface area contributed by atoms with Gasteiger partial charge in [-0.15, -0.1) is 0 Å². The number of benzene rings is 3. The molecule has 0 heterocycles. The Kier molecular flexibility index (Phi) is 11.4. The molecule has 4 rings (SSSR count). The van der Waals surface area contributed by atoms with Crippen LogP contribution in [0.4, 0.5) is 0 Å². The molecule has 2 N–H and O–H groups in total. The molecular weight excluding hydrogens is 560 g/mol. The maximum Gasteiger partial charge on any atom is 0.315 e. The molecule has 0 fully saturated rings. The summed E-state index contributed by atoms with van der Waals surface area (Å²) in [6, 6.07) is 25.9. The molecule has 1 unspecified atom stereocenters. The van der Waals surface area contributed by atoms with Gasteiger partial charge >= 0.3 is 11.9 Å². The van der Waals surface area contributed by atoms with E-state index in [1.807, 2.05) is 68.4 Å². The molecule has 3 aromatic rings. The maximum atomic E-state index is 13.3. The summed E-state index contributed by atoms with van der Waals surface area (Å²) in [6.07, 6.45) is 0.844. The fraction of sp³-hybridized carbons (Fsp3) is 0.371. The van der Waals surface area contributed by atoms with E-state index >= 15 is 0 Å². The van der Waals surface area contributed by atoms with Crippen molar-refractivity contribution < 1.29 is 23.9 Å². The van der Waals surface area contributed by atoms with Gasteiger partial charge in [0.1, 0.15) is 12.5 Å². The average Bonchev–Trinajstić information content (AvgIpc) is 3.32. The number of thiocarbonyl (C=S) groups is 1. The van der Waals surface area contributed by atoms with Crippen molar-refractivity contribution in [1.29, 1.82) is 0 Å². The van der Waals surface area contributed by atoms with Gasteiger partial charge in [-0.05, 0) is 53.5 Å². The molecule has 0 radical (unpaired) electrons. The molecule has 1 aliphatic carbocycles. The van der Waals surface area contributed by atoms with Gasteiger partial charge in [-0.3, -0.25) is 14.4 Å². The van der Waals surface area contributed by atoms with Crippen molar-refractivity contribution in [3.63, 3.8) is 0 Å². The largest absolute Gasteiger partial charge is 0.465 e. The number of rotatable bonds is 14. The molecule has 0 saturated carbocycles. The quantitative estimate of drug-likeness (QED) is 0.137. The van der Waals surface area contributed by atoms with Gasteiger partial charge in [-0.1, -0.05) is 105 Å². The van der Waals surface area contributed by atoms with E-state index in [2.05, 4.69) is 34.9 Å². The van der Waals surface area contributed by atoms with Gasteiger partial charge in [-0.25, -0.2) is 0 Å². The van der Waals surface area contributed by atoms with Crippen LogP contribution in [0.2, 0.25) is 0 Å². The van der Waals surface area contributed by atoms with Crippen molar-refractivity contribution in [3.8, 4) is 11.1 Å². The molecule has 0 aromatic heterocycles. The number of fused-ring (bicyclic) bond motifs is 3. The number of amides is 1. The molecule has 0 bridgehead atoms. The van der Waals surface area contributed by atoms with E-state index in [-0.39, 0.29) is 50.0 Å². The summed E-state index contributed by atoms with van der Waals surface area (Å²) in [5, 5.41) is 5.84. The summed E-state index contributed by atoms with van der Waals surface area (Å²) < 4.78 is 11.0.